The number of nitrogens with zero attached hydrogens (tertiary/aromatic N) is 1. The van der Waals surface area contributed by atoms with Crippen LogP contribution in [-0.4, -0.2) is 20.7 Å². The summed E-state index contributed by atoms with van der Waals surface area (Å²) in [5.41, 5.74) is 4.06. The van der Waals surface area contributed by atoms with Crippen LogP contribution in [0.5, 0.6) is 0 Å². The average molecular weight is 251 g/mol. The van der Waals surface area contributed by atoms with Gasteiger partial charge in [-0.15, -0.1) is 0 Å². The molecular weight excluding hydrogens is 234 g/mol. The Bertz CT molecular complexity index is 587. The second kappa shape index (κ2) is 3.88. The third-order valence-electron chi connectivity index (χ3n) is 3.03. The minimum atomic E-state index is -3.24. The minimum Gasteiger partial charge on any atom is -0.263 e. The molecule has 17 heavy (non-hydrogen) atoms. The van der Waals surface area contributed by atoms with Gasteiger partial charge >= 0.3 is 0 Å². The van der Waals surface area contributed by atoms with Crippen LogP contribution in [0, 0.1) is 6.92 Å². The van der Waals surface area contributed by atoms with E-state index in [-0.39, 0.29) is 6.04 Å². The standard InChI is InChI=1S/C13H17NO2S/c1-9-5-6-13-12(7-9)10(2)8-11(3)14(13)17(4,15)16/h5-8,11H,1-4H3. The van der Waals surface area contributed by atoms with E-state index in [1.807, 2.05) is 45.0 Å². The molecule has 0 saturated carbocycles. The molecule has 0 amide bonds. The molecule has 92 valence electrons. The van der Waals surface area contributed by atoms with Gasteiger partial charge in [0.25, 0.3) is 0 Å². The summed E-state index contributed by atoms with van der Waals surface area (Å²) in [6.45, 7) is 5.93. The monoisotopic (exact) mass is 251 g/mol. The van der Waals surface area contributed by atoms with Gasteiger partial charge in [0.15, 0.2) is 0 Å². The smallest absolute Gasteiger partial charge is 0.232 e. The van der Waals surface area contributed by atoms with Crippen LogP contribution in [0.3, 0.4) is 0 Å². The van der Waals surface area contributed by atoms with Gasteiger partial charge in [-0.1, -0.05) is 17.7 Å². The summed E-state index contributed by atoms with van der Waals surface area (Å²) in [4.78, 5) is 0. The highest BCUT2D eigenvalue weighted by Gasteiger charge is 2.28. The minimum absolute atomic E-state index is 0.125. The summed E-state index contributed by atoms with van der Waals surface area (Å²) in [5.74, 6) is 0. The van der Waals surface area contributed by atoms with E-state index >= 15 is 0 Å². The topological polar surface area (TPSA) is 37.4 Å². The number of hydrogen-bond acceptors (Lipinski definition) is 2. The van der Waals surface area contributed by atoms with E-state index in [0.717, 1.165) is 22.4 Å². The van der Waals surface area contributed by atoms with Crippen LogP contribution in [0.15, 0.2) is 24.3 Å². The number of allylic oxidation sites excluding steroid dienone is 1. The largest absolute Gasteiger partial charge is 0.263 e. The Morgan fingerprint density at radius 2 is 1.88 bits per heavy atom. The first kappa shape index (κ1) is 12.2. The molecule has 1 heterocycles. The molecule has 0 saturated heterocycles. The van der Waals surface area contributed by atoms with Gasteiger partial charge in [0.1, 0.15) is 0 Å². The van der Waals surface area contributed by atoms with Crippen LogP contribution < -0.4 is 4.31 Å². The van der Waals surface area contributed by atoms with Crippen molar-refractivity contribution < 1.29 is 8.42 Å². The fourth-order valence-corrected chi connectivity index (χ4v) is 3.56. The summed E-state index contributed by atoms with van der Waals surface area (Å²) >= 11 is 0. The fourth-order valence-electron chi connectivity index (χ4n) is 2.38. The Balaban J connectivity index is 2.70. The molecule has 0 bridgehead atoms. The number of benzene rings is 1. The van der Waals surface area contributed by atoms with Crippen LogP contribution in [-0.2, 0) is 10.0 Å². The van der Waals surface area contributed by atoms with Gasteiger partial charge < -0.3 is 0 Å². The first-order chi connectivity index (χ1) is 7.80. The van der Waals surface area contributed by atoms with Gasteiger partial charge in [-0.2, -0.15) is 0 Å². The Morgan fingerprint density at radius 1 is 1.24 bits per heavy atom. The maximum absolute atomic E-state index is 11.8. The number of aryl methyl sites for hydroxylation is 1. The second-order valence-electron chi connectivity index (χ2n) is 4.67. The molecule has 4 heteroatoms. The normalized spacial score (nSPS) is 19.9. The second-order valence-corrected chi connectivity index (χ2v) is 6.53. The Kier molecular flexibility index (Phi) is 2.78. The number of rotatable bonds is 1. The predicted molar refractivity (Wildman–Crippen MR) is 71.6 cm³/mol. The number of hydrogen-bond donors (Lipinski definition) is 0. The van der Waals surface area contributed by atoms with Crippen LogP contribution in [0.4, 0.5) is 5.69 Å². The molecule has 1 aliphatic rings. The number of sulfonamides is 1. The molecule has 0 radical (unpaired) electrons. The SMILES string of the molecule is CC1=CC(C)N(S(C)(=O)=O)c2ccc(C)cc21. The first-order valence-corrected chi connectivity index (χ1v) is 7.44. The van der Waals surface area contributed by atoms with Gasteiger partial charge in [0.05, 0.1) is 18.0 Å². The lowest BCUT2D eigenvalue weighted by atomic mass is 9.97. The first-order valence-electron chi connectivity index (χ1n) is 5.59. The zero-order chi connectivity index (χ0) is 12.8. The highest BCUT2D eigenvalue weighted by molar-refractivity contribution is 7.92. The molecule has 0 aromatic heterocycles. The van der Waals surface area contributed by atoms with Gasteiger partial charge in [-0.3, -0.25) is 4.31 Å². The van der Waals surface area contributed by atoms with Crippen molar-refractivity contribution in [2.75, 3.05) is 10.6 Å². The van der Waals surface area contributed by atoms with E-state index in [4.69, 9.17) is 0 Å². The molecule has 1 aromatic carbocycles. The van der Waals surface area contributed by atoms with E-state index < -0.39 is 10.0 Å². The van der Waals surface area contributed by atoms with E-state index in [1.165, 1.54) is 10.6 Å². The summed E-state index contributed by atoms with van der Waals surface area (Å²) in [6.07, 6.45) is 3.24. The Morgan fingerprint density at radius 3 is 2.47 bits per heavy atom. The van der Waals surface area contributed by atoms with Crippen molar-refractivity contribution in [3.8, 4) is 0 Å². The van der Waals surface area contributed by atoms with Crippen molar-refractivity contribution in [1.82, 2.24) is 0 Å². The van der Waals surface area contributed by atoms with Crippen molar-refractivity contribution >= 4 is 21.3 Å². The third-order valence-corrected chi connectivity index (χ3v) is 4.28. The molecule has 1 aliphatic heterocycles. The van der Waals surface area contributed by atoms with Gasteiger partial charge in [-0.05, 0) is 38.5 Å². The maximum Gasteiger partial charge on any atom is 0.232 e. The van der Waals surface area contributed by atoms with Crippen molar-refractivity contribution in [3.05, 3.63) is 35.4 Å². The van der Waals surface area contributed by atoms with Crippen molar-refractivity contribution in [2.24, 2.45) is 0 Å². The molecule has 0 aliphatic carbocycles. The summed E-state index contributed by atoms with van der Waals surface area (Å²) in [5, 5.41) is 0. The molecule has 1 atom stereocenters. The van der Waals surface area contributed by atoms with Gasteiger partial charge in [-0.25, -0.2) is 8.42 Å². The Hall–Kier alpha value is -1.29. The van der Waals surface area contributed by atoms with E-state index in [0.29, 0.717) is 0 Å². The summed E-state index contributed by atoms with van der Waals surface area (Å²) < 4.78 is 25.2. The highest BCUT2D eigenvalue weighted by atomic mass is 32.2. The van der Waals surface area contributed by atoms with Gasteiger partial charge in [0, 0.05) is 5.56 Å². The number of fused-ring (bicyclic) bond motifs is 1. The molecule has 0 N–H and O–H groups in total. The summed E-state index contributed by atoms with van der Waals surface area (Å²) in [7, 11) is -3.24. The molecule has 1 unspecified atom stereocenters. The Labute approximate surface area is 103 Å². The van der Waals surface area contributed by atoms with E-state index in [9.17, 15) is 8.42 Å². The molecule has 1 aromatic rings. The lowest BCUT2D eigenvalue weighted by Gasteiger charge is -2.33. The molecule has 0 fully saturated rings. The van der Waals surface area contributed by atoms with Gasteiger partial charge in [0.2, 0.25) is 10.0 Å². The van der Waals surface area contributed by atoms with Crippen molar-refractivity contribution in [1.29, 1.82) is 0 Å². The lowest BCUT2D eigenvalue weighted by molar-refractivity contribution is 0.593. The third kappa shape index (κ3) is 2.09. The van der Waals surface area contributed by atoms with Crippen molar-refractivity contribution in [2.45, 2.75) is 26.8 Å². The van der Waals surface area contributed by atoms with E-state index in [2.05, 4.69) is 0 Å². The fraction of sp³-hybridized carbons (Fsp3) is 0.385. The zero-order valence-corrected chi connectivity index (χ0v) is 11.4. The van der Waals surface area contributed by atoms with Crippen LogP contribution in [0.25, 0.3) is 5.57 Å². The highest BCUT2D eigenvalue weighted by Crippen LogP contribution is 2.35. The molecule has 2 rings (SSSR count). The molecule has 3 nitrogen and oxygen atoms in total. The average Bonchev–Trinajstić information content (AvgIpc) is 2.17. The predicted octanol–water partition coefficient (Wildman–Crippen LogP) is 2.57. The maximum atomic E-state index is 11.8. The number of anilines is 1. The molecular formula is C13H17NO2S. The zero-order valence-electron chi connectivity index (χ0n) is 10.6. The van der Waals surface area contributed by atoms with E-state index in [1.54, 1.807) is 0 Å². The lowest BCUT2D eigenvalue weighted by Crippen LogP contribution is -2.39. The molecule has 0 spiro atoms. The summed E-state index contributed by atoms with van der Waals surface area (Å²) in [6, 6.07) is 5.74. The van der Waals surface area contributed by atoms with Crippen molar-refractivity contribution in [3.63, 3.8) is 0 Å². The van der Waals surface area contributed by atoms with Crippen LogP contribution >= 0.6 is 0 Å². The van der Waals surface area contributed by atoms with Crippen LogP contribution in [0.2, 0.25) is 0 Å². The van der Waals surface area contributed by atoms with Crippen LogP contribution in [0.1, 0.15) is 25.0 Å². The quantitative estimate of drug-likeness (QED) is 0.769.